The minimum absolute atomic E-state index is 0. The Hall–Kier alpha value is -6.11. The Morgan fingerprint density at radius 3 is 2.04 bits per heavy atom. The van der Waals surface area contributed by atoms with E-state index in [1.54, 1.807) is 12.1 Å². The molecule has 0 bridgehead atoms. The molecule has 0 aliphatic rings. The van der Waals surface area contributed by atoms with E-state index in [4.69, 9.17) is 11.8 Å². The molecule has 3 heterocycles. The monoisotopic (exact) mass is 1140 g/mol. The zero-order valence-electron chi connectivity index (χ0n) is 45.8. The number of nitrogens with zero attached hydrogens (tertiary/aromatic N) is 4. The second-order valence-corrected chi connectivity index (χ2v) is 30.7. The second kappa shape index (κ2) is 19.0. The van der Waals surface area contributed by atoms with Crippen molar-refractivity contribution < 1.29 is 27.0 Å². The number of aromatic nitrogens is 4. The van der Waals surface area contributed by atoms with Crippen LogP contribution in [0.5, 0.6) is 0 Å². The Labute approximate surface area is 431 Å². The van der Waals surface area contributed by atoms with Crippen molar-refractivity contribution in [2.75, 3.05) is 0 Å². The molecule has 0 aliphatic carbocycles. The Bertz CT molecular complexity index is 3880. The molecule has 0 aliphatic heterocycles. The van der Waals surface area contributed by atoms with E-state index >= 15 is 0 Å². The summed E-state index contributed by atoms with van der Waals surface area (Å²) in [6, 6.07) is 59.3. The summed E-state index contributed by atoms with van der Waals surface area (Å²) in [4.78, 5) is 9.99. The number of pyridine rings is 1. The summed E-state index contributed by atoms with van der Waals surface area (Å²) in [5, 5.41) is 7.41. The maximum Gasteiger partial charge on any atom is 0 e. The van der Waals surface area contributed by atoms with Crippen molar-refractivity contribution >= 4 is 72.0 Å². The molecule has 0 spiro atoms. The van der Waals surface area contributed by atoms with Gasteiger partial charge >= 0.3 is 145 Å². The number of para-hydroxylation sites is 1. The van der Waals surface area contributed by atoms with Crippen LogP contribution in [0.1, 0.15) is 56.8 Å². The number of hydrogen-bond donors (Lipinski definition) is 0. The van der Waals surface area contributed by atoms with Crippen molar-refractivity contribution in [3.63, 3.8) is 0 Å². The number of imidazole rings is 1. The van der Waals surface area contributed by atoms with E-state index in [2.05, 4.69) is 192 Å². The van der Waals surface area contributed by atoms with Gasteiger partial charge in [0.15, 0.2) is 0 Å². The summed E-state index contributed by atoms with van der Waals surface area (Å²) in [5.41, 5.74) is 13.2. The largest absolute Gasteiger partial charge is 0 e. The first-order valence-corrected chi connectivity index (χ1v) is 31.0. The molecule has 0 atom stereocenters. The fraction of sp³-hybridized carbons (Fsp3) is 0.206. The Balaban J connectivity index is 0.000000207. The summed E-state index contributed by atoms with van der Waals surface area (Å²) in [6.45, 7) is 11.1. The zero-order valence-corrected chi connectivity index (χ0v) is 45.3. The van der Waals surface area contributed by atoms with Gasteiger partial charge in [-0.1, -0.05) is 90.3 Å². The molecule has 1 radical (unpaired) electrons. The van der Waals surface area contributed by atoms with E-state index in [9.17, 15) is 0 Å². The van der Waals surface area contributed by atoms with Crippen molar-refractivity contribution in [2.24, 2.45) is 5.41 Å². The number of rotatable bonds is 7. The van der Waals surface area contributed by atoms with Crippen LogP contribution in [0.3, 0.4) is 0 Å². The summed E-state index contributed by atoms with van der Waals surface area (Å²) in [5.74, 6) is 7.60. The molecule has 69 heavy (non-hydrogen) atoms. The molecule has 0 fully saturated rings. The van der Waals surface area contributed by atoms with Gasteiger partial charge in [0.05, 0.1) is 16.9 Å². The summed E-state index contributed by atoms with van der Waals surface area (Å²) in [7, 11) is 0. The number of fused-ring (bicyclic) bond motifs is 7. The topological polar surface area (TPSA) is 35.6 Å². The first kappa shape index (κ1) is 41.8. The molecule has 0 unspecified atom stereocenters. The molecule has 8 aromatic carbocycles. The second-order valence-electron chi connectivity index (χ2n) is 20.1. The maximum atomic E-state index is 8.80. The van der Waals surface area contributed by atoms with Crippen molar-refractivity contribution in [2.45, 2.75) is 78.6 Å². The predicted octanol–water partition coefficient (Wildman–Crippen LogP) is 16.2. The molecule has 4 nitrogen and oxygen atoms in total. The van der Waals surface area contributed by atoms with Gasteiger partial charge in [-0.2, -0.15) is 0 Å². The molecule has 11 aromatic rings. The molecule has 11 rings (SSSR count). The number of benzene rings is 8. The molecule has 0 amide bonds. The average molecular weight is 1140 g/mol. The molecular formula is C63H60GeIrN4-2. The van der Waals surface area contributed by atoms with Crippen molar-refractivity contribution in [1.82, 2.24) is 19.1 Å². The SMILES string of the molecule is CCn1c2c[c-]c(-c3nc4cc5c(ccc6ccccc65)cc4n3-c3c(C)cc(-c4ccccc4)cc3C)cc2c2ccccc21.[2H]C([2H])([2H])c1c[c-]c(-c2cc(C([2H])([2H])C(C)(C)C)[c]([Ge]([CH3])([CH3])[CH3])cn2)cc1.[Ir]. The maximum absolute atomic E-state index is 8.80. The Kier molecular flexibility index (Phi) is 11.5. The van der Waals surface area contributed by atoms with Crippen LogP contribution >= 0.6 is 0 Å². The minimum Gasteiger partial charge on any atom is 0 e. The third-order valence-electron chi connectivity index (χ3n) is 12.9. The van der Waals surface area contributed by atoms with E-state index in [-0.39, 0.29) is 25.7 Å². The molecule has 0 saturated heterocycles. The van der Waals surface area contributed by atoms with Crippen LogP contribution in [-0.4, -0.2) is 32.4 Å². The van der Waals surface area contributed by atoms with E-state index in [1.165, 1.54) is 77.4 Å². The van der Waals surface area contributed by atoms with Gasteiger partial charge in [-0.3, -0.25) is 4.98 Å². The fourth-order valence-corrected chi connectivity index (χ4v) is 12.8. The van der Waals surface area contributed by atoms with Gasteiger partial charge < -0.3 is 9.13 Å². The Morgan fingerprint density at radius 2 is 1.35 bits per heavy atom. The van der Waals surface area contributed by atoms with Crippen LogP contribution in [0.25, 0.3) is 93.8 Å². The van der Waals surface area contributed by atoms with Crippen LogP contribution in [-0.2, 0) is 33.0 Å². The van der Waals surface area contributed by atoms with Gasteiger partial charge in [0.25, 0.3) is 0 Å². The minimum atomic E-state index is -2.36. The third kappa shape index (κ3) is 9.37. The third-order valence-corrected chi connectivity index (χ3v) is 17.1. The molecule has 3 aromatic heterocycles. The van der Waals surface area contributed by atoms with Gasteiger partial charge in [0, 0.05) is 37.9 Å². The molecular weight excluding hydrogens is 1080 g/mol. The predicted molar refractivity (Wildman–Crippen MR) is 293 cm³/mol. The van der Waals surface area contributed by atoms with E-state index < -0.39 is 31.9 Å². The Morgan fingerprint density at radius 1 is 0.652 bits per heavy atom. The van der Waals surface area contributed by atoms with Gasteiger partial charge in [-0.15, -0.1) is 23.8 Å². The molecule has 0 N–H and O–H groups in total. The van der Waals surface area contributed by atoms with E-state index in [0.717, 1.165) is 33.4 Å². The smallest absolute Gasteiger partial charge is 0 e. The zero-order chi connectivity index (χ0) is 51.8. The molecule has 0 saturated carbocycles. The van der Waals surface area contributed by atoms with Gasteiger partial charge in [-0.05, 0) is 106 Å². The quantitative estimate of drug-likeness (QED) is 0.0906. The standard InChI is InChI=1S/C43H32N3.C20H28GeN.Ir/c1-4-45-39-17-11-10-16-35(39)37-24-32(20-21-40(37)45)43-44-38-26-36-31(19-18-30-14-8-9-15-34(30)36)25-41(38)46(43)42-27(2)22-33(23-28(42)3)29-12-6-5-7-13-29;1-15-8-10-16(11-9-15)19-12-17(13-20(2,3)4)18(14-22-19)21(5,6)7;/h5-19,21-26H,4H2,1-3H3;8-10,12,14H,13H2,1-7H3;/q2*-1;/i;1D3,13D2;. The van der Waals surface area contributed by atoms with Crippen LogP contribution in [0, 0.1) is 38.2 Å². The van der Waals surface area contributed by atoms with Gasteiger partial charge in [0.2, 0.25) is 0 Å². The summed E-state index contributed by atoms with van der Waals surface area (Å²) < 4.78 is 45.9. The van der Waals surface area contributed by atoms with E-state index in [0.29, 0.717) is 16.8 Å². The average Bonchev–Trinajstić information content (AvgIpc) is 3.89. The van der Waals surface area contributed by atoms with Crippen LogP contribution in [0.15, 0.2) is 158 Å². The fourth-order valence-electron chi connectivity index (χ4n) is 9.84. The van der Waals surface area contributed by atoms with Crippen LogP contribution in [0.4, 0.5) is 0 Å². The number of hydrogen-bond acceptors (Lipinski definition) is 2. The van der Waals surface area contributed by atoms with Crippen molar-refractivity contribution in [3.05, 3.63) is 192 Å². The first-order valence-electron chi connectivity index (χ1n) is 26.1. The van der Waals surface area contributed by atoms with Crippen molar-refractivity contribution in [3.8, 4) is 39.5 Å². The number of aryl methyl sites for hydroxylation is 4. The van der Waals surface area contributed by atoms with Crippen LogP contribution < -0.4 is 4.40 Å². The summed E-state index contributed by atoms with van der Waals surface area (Å²) in [6.07, 6.45) is 0.303. The van der Waals surface area contributed by atoms with Crippen LogP contribution in [0.2, 0.25) is 17.3 Å². The first-order chi connectivity index (χ1) is 34.6. The molecule has 347 valence electrons. The summed E-state index contributed by atoms with van der Waals surface area (Å²) >= 11 is -2.36. The normalized spacial score (nSPS) is 13.4. The van der Waals surface area contributed by atoms with Crippen molar-refractivity contribution in [1.29, 1.82) is 0 Å². The molecule has 6 heteroatoms. The van der Waals surface area contributed by atoms with E-state index in [1.807, 2.05) is 33.0 Å². The van der Waals surface area contributed by atoms with Gasteiger partial charge in [-0.25, -0.2) is 0 Å². The van der Waals surface area contributed by atoms with Gasteiger partial charge in [0.1, 0.15) is 0 Å².